The van der Waals surface area contributed by atoms with Crippen LogP contribution >= 0.6 is 11.6 Å². The third kappa shape index (κ3) is 24.2. The highest BCUT2D eigenvalue weighted by Gasteiger charge is 2.52. The average molecular weight is 1960 g/mol. The Morgan fingerprint density at radius 1 is 0.514 bits per heavy atom. The van der Waals surface area contributed by atoms with Gasteiger partial charge in [0.15, 0.2) is 17.5 Å². The lowest BCUT2D eigenvalue weighted by molar-refractivity contribution is -0.119. The number of pyridine rings is 1. The second kappa shape index (κ2) is 46.0. The molecule has 44 heteroatoms. The molecule has 8 atom stereocenters. The molecule has 4 saturated heterocycles. The minimum atomic E-state index is -1.64. The Morgan fingerprint density at radius 3 is 1.31 bits per heavy atom. The molecular formula is C96H111ClF6N24O13. The fourth-order valence-electron chi connectivity index (χ4n) is 18.7. The zero-order valence-corrected chi connectivity index (χ0v) is 78.5. The molecule has 6 fully saturated rings. The Hall–Kier alpha value is -14.2. The normalized spacial score (nSPS) is 22.1. The molecule has 13 N–H and O–H groups in total. The van der Waals surface area contributed by atoms with E-state index < -0.39 is 101 Å². The zero-order chi connectivity index (χ0) is 101. The van der Waals surface area contributed by atoms with Crippen LogP contribution < -0.4 is 38.9 Å². The third-order valence-electron chi connectivity index (χ3n) is 27.0. The number of nitrogens with two attached hydrogens (primary N) is 4. The van der Waals surface area contributed by atoms with Crippen LogP contribution in [0.2, 0.25) is 5.02 Å². The Bertz CT molecular complexity index is 6150. The van der Waals surface area contributed by atoms with Gasteiger partial charge in [0.05, 0.1) is 94.7 Å². The average Bonchev–Trinajstić information content (AvgIpc) is 1.59. The third-order valence-corrected chi connectivity index (χ3v) is 27.4. The van der Waals surface area contributed by atoms with E-state index in [9.17, 15) is 78.4 Å². The summed E-state index contributed by atoms with van der Waals surface area (Å²) in [6.45, 7) is 7.90. The first-order chi connectivity index (χ1) is 66.9. The largest absolute Gasteiger partial charge is 0.508 e. The standard InChI is InChI=1S/C29H36FN5O2.C24H27F2N7O3.C23H26F2N6O4.C20H22ClFN6O4/c30-27-19-34(17-20-6-8-22(9-7-20)21-4-2-1-3-5-21)15-13-29(27,12-14-31)35-18-24(28(32)37)25(33-35)16-26(36)23-10-11-23;1-36-23(35)30-22-17(21(28)34)13-33(31-22)24(8-10-27)9-11-32(14-19(24)25)12-16-6-7-18(29-20(16)26)15-4-2-3-5-15;1-13(2)15-9-17(24)14(8-18(15)32)10-30-7-5-23(4-6-26,19(25)12-30)31-11-16(20(27)33)21(29-31)28-22(34)35-3;1-32-19(31)25-18-14(17(24)30)10-28(26-18)20(4-6-23)5-7-27(11-16(20)22)9-12-8-13(29)2-3-15(12)21/h6-9,18,21,23,27H,1-5,10-13,15-17,19H2,(H2,32,37);4,6-7,13,19H,2-3,5,8-9,11-12,14H2,1H3,(H2,28,34)(H,30,31,35);8-9,11,19,32H,1,4-5,7,10,12H2,2-3H3,(H2,27,33)(H,28,29,34);2-3,8,10,16,29H,4-5,7,9,11H2,1H3,(H2,24,30)(H,25,26,31). The monoisotopic (exact) mass is 1960 g/mol. The van der Waals surface area contributed by atoms with Gasteiger partial charge in [0.1, 0.15) is 86.6 Å². The van der Waals surface area contributed by atoms with Crippen molar-refractivity contribution in [1.82, 2.24) is 63.7 Å². The van der Waals surface area contributed by atoms with Crippen molar-refractivity contribution in [2.45, 2.75) is 208 Å². The second-order valence-corrected chi connectivity index (χ2v) is 36.5. The van der Waals surface area contributed by atoms with Gasteiger partial charge in [-0.05, 0) is 148 Å². The number of nitriles is 4. The number of aromatic nitrogens is 9. The lowest BCUT2D eigenvalue weighted by Gasteiger charge is -2.43. The SMILES string of the molecule is C=C(C)c1cc(F)c(CN2CCC(CC#N)(n3cc(C(N)=O)c(NC(=O)OC)n3)C(F)C2)cc1O.COC(=O)Nc1nn(C2(CC#N)CCN(Cc3cc(O)ccc3Cl)CC2F)cc1C(N)=O.COC(=O)Nc1nn(C2(CC#N)CCN(Cc3ccc(C4=CCCC4)nc3F)CC2F)cc1C(N)=O.N#CCC1(n2cc(C(N)=O)c(CC(=O)C3CC3)n2)CCN(Cc2ccc(C3CCCCC3)cc2)CC1F. The second-order valence-electron chi connectivity index (χ2n) is 36.1. The highest BCUT2D eigenvalue weighted by atomic mass is 35.5. The zero-order valence-electron chi connectivity index (χ0n) is 77.8. The first kappa shape index (κ1) is 105. The van der Waals surface area contributed by atoms with Gasteiger partial charge in [0.2, 0.25) is 5.95 Å². The lowest BCUT2D eigenvalue weighted by Crippen LogP contribution is -2.54. The lowest BCUT2D eigenvalue weighted by atomic mass is 9.82. The Morgan fingerprint density at radius 2 is 0.929 bits per heavy atom. The van der Waals surface area contributed by atoms with Gasteiger partial charge in [-0.25, -0.2) is 41.3 Å². The number of primary amides is 4. The van der Waals surface area contributed by atoms with Crippen molar-refractivity contribution in [3.05, 3.63) is 188 Å². The first-order valence-electron chi connectivity index (χ1n) is 45.6. The molecule has 0 spiro atoms. The van der Waals surface area contributed by atoms with E-state index in [0.29, 0.717) is 78.0 Å². The van der Waals surface area contributed by atoms with Gasteiger partial charge in [0.25, 0.3) is 23.6 Å². The summed E-state index contributed by atoms with van der Waals surface area (Å²) in [5, 5.41) is 82.0. The molecule has 742 valence electrons. The van der Waals surface area contributed by atoms with Crippen LogP contribution in [0.5, 0.6) is 11.5 Å². The van der Waals surface area contributed by atoms with Gasteiger partial charge in [-0.3, -0.25) is 78.2 Å². The first-order valence-corrected chi connectivity index (χ1v) is 45.9. The van der Waals surface area contributed by atoms with Gasteiger partial charge in [-0.1, -0.05) is 73.9 Å². The van der Waals surface area contributed by atoms with Crippen molar-refractivity contribution >= 4 is 87.9 Å². The van der Waals surface area contributed by atoms with Crippen molar-refractivity contribution in [1.29, 1.82) is 21.0 Å². The Labute approximate surface area is 807 Å². The molecule has 7 amide bonds. The van der Waals surface area contributed by atoms with Crippen molar-refractivity contribution in [3.8, 4) is 35.8 Å². The van der Waals surface area contributed by atoms with Crippen LogP contribution in [0.3, 0.4) is 0 Å². The fraction of sp³-hybridized carbons (Fsp3) is 0.469. The molecule has 140 heavy (non-hydrogen) atoms. The summed E-state index contributed by atoms with van der Waals surface area (Å²) >= 11 is 6.18. The predicted octanol–water partition coefficient (Wildman–Crippen LogP) is 12.8. The number of aromatic hydroxyl groups is 2. The molecule has 7 aliphatic rings. The van der Waals surface area contributed by atoms with Gasteiger partial charge in [-0.15, -0.1) is 0 Å². The predicted molar refractivity (Wildman–Crippen MR) is 499 cm³/mol. The summed E-state index contributed by atoms with van der Waals surface area (Å²) in [7, 11) is 3.40. The van der Waals surface area contributed by atoms with E-state index in [1.165, 1.54) is 101 Å². The number of methoxy groups -OCH3 is 3. The van der Waals surface area contributed by atoms with E-state index in [1.807, 2.05) is 23.1 Å². The quantitative estimate of drug-likeness (QED) is 0.0119. The highest BCUT2D eigenvalue weighted by molar-refractivity contribution is 6.31. The van der Waals surface area contributed by atoms with Crippen LogP contribution in [0.25, 0.3) is 11.1 Å². The van der Waals surface area contributed by atoms with Crippen molar-refractivity contribution in [2.75, 3.05) is 89.6 Å². The van der Waals surface area contributed by atoms with Crippen LogP contribution in [0.4, 0.5) is 58.2 Å². The molecule has 37 nitrogen and oxygen atoms in total. The molecule has 15 rings (SSSR count). The van der Waals surface area contributed by atoms with Gasteiger partial charge in [0, 0.05) is 131 Å². The molecule has 3 aromatic carbocycles. The maximum atomic E-state index is 15.9. The van der Waals surface area contributed by atoms with E-state index in [-0.39, 0.29) is 171 Å². The number of piperidine rings is 4. The summed E-state index contributed by atoms with van der Waals surface area (Å²) in [5.41, 5.74) is 22.5. The Balaban J connectivity index is 0.000000167. The molecule has 3 aliphatic carbocycles. The summed E-state index contributed by atoms with van der Waals surface area (Å²) in [6.07, 6.45) is 9.46. The van der Waals surface area contributed by atoms with E-state index in [2.05, 4.69) is 103 Å². The van der Waals surface area contributed by atoms with Gasteiger partial charge in [-0.2, -0.15) is 45.8 Å². The number of allylic oxidation sites excluding steroid dienone is 3. The smallest absolute Gasteiger partial charge is 0.412 e. The number of ketones is 1. The number of rotatable bonds is 29. The van der Waals surface area contributed by atoms with Crippen LogP contribution in [0.1, 0.15) is 215 Å². The summed E-state index contributed by atoms with van der Waals surface area (Å²) < 4.78 is 111. The number of Topliss-reactive ketones (excluding diaryl/α,β-unsaturated/α-hetero) is 1. The van der Waals surface area contributed by atoms with E-state index in [1.54, 1.807) is 34.9 Å². The number of carbonyl (C=O) groups excluding carboxylic acids is 8. The molecule has 5 aromatic heterocycles. The van der Waals surface area contributed by atoms with E-state index >= 15 is 17.6 Å². The minimum absolute atomic E-state index is 0.0124. The number of phenols is 2. The summed E-state index contributed by atoms with van der Waals surface area (Å²) in [4.78, 5) is 106. The molecule has 8 unspecified atom stereocenters. The maximum Gasteiger partial charge on any atom is 0.412 e. The number of hydrogen-bond acceptors (Lipinski definition) is 26. The van der Waals surface area contributed by atoms with Crippen molar-refractivity contribution < 1.29 is 89.1 Å². The molecule has 0 bridgehead atoms. The van der Waals surface area contributed by atoms with Crippen LogP contribution in [0, 0.1) is 63.0 Å². The minimum Gasteiger partial charge on any atom is -0.508 e. The van der Waals surface area contributed by atoms with E-state index in [0.717, 1.165) is 69.3 Å². The van der Waals surface area contributed by atoms with E-state index in [4.69, 9.17) is 34.5 Å². The number of anilines is 3. The van der Waals surface area contributed by atoms with Gasteiger partial charge < -0.3 is 47.4 Å². The number of phenolic OH excluding ortho intramolecular Hbond substituents is 2. The number of carbonyl (C=O) groups is 8. The van der Waals surface area contributed by atoms with Gasteiger partial charge >= 0.3 is 18.3 Å². The number of amides is 7. The highest BCUT2D eigenvalue weighted by Crippen LogP contribution is 2.45. The number of ether oxygens (including phenoxy) is 3. The number of alkyl halides is 4. The number of nitrogens with one attached hydrogen (secondary N) is 3. The number of likely N-dealkylation sites (tertiary alicyclic amines) is 4. The molecule has 8 aromatic rings. The number of halogens is 7. The summed E-state index contributed by atoms with van der Waals surface area (Å²) in [5.74, 6) is -4.43. The van der Waals surface area contributed by atoms with Crippen LogP contribution in [-0.4, -0.2) is 220 Å². The Kier molecular flexibility index (Phi) is 34.4. The topological polar surface area (TPSA) is 537 Å². The number of benzene rings is 3. The number of hydrogen-bond donors (Lipinski definition) is 9. The fourth-order valence-corrected chi connectivity index (χ4v) is 18.9. The van der Waals surface area contributed by atoms with Crippen LogP contribution in [-0.2, 0) is 73.8 Å². The molecule has 9 heterocycles. The van der Waals surface area contributed by atoms with Crippen LogP contribution in [0.15, 0.2) is 104 Å². The maximum absolute atomic E-state index is 15.9. The van der Waals surface area contributed by atoms with Crippen molar-refractivity contribution in [3.63, 3.8) is 0 Å². The molecule has 2 saturated carbocycles. The summed E-state index contributed by atoms with van der Waals surface area (Å²) in [6, 6.07) is 27.4. The number of nitrogens with zero attached hydrogens (tertiary/aromatic N) is 17. The van der Waals surface area contributed by atoms with Crippen molar-refractivity contribution in [2.24, 2.45) is 28.9 Å². The molecular weight excluding hydrogens is 1850 g/mol. The molecule has 0 radical (unpaired) electrons. The molecule has 4 aliphatic heterocycles.